The molecule has 0 spiro atoms. The molecule has 6 rings (SSSR count). The van der Waals surface area contributed by atoms with Crippen LogP contribution in [0.25, 0.3) is 55.1 Å². The van der Waals surface area contributed by atoms with E-state index in [-0.39, 0.29) is 0 Å². The molecule has 0 radical (unpaired) electrons. The van der Waals surface area contributed by atoms with Crippen LogP contribution >= 0.6 is 0 Å². The van der Waals surface area contributed by atoms with Gasteiger partial charge in [0.25, 0.3) is 0 Å². The second-order valence-electron chi connectivity index (χ2n) is 7.14. The van der Waals surface area contributed by atoms with Gasteiger partial charge in [0.2, 0.25) is 0 Å². The smallest absolute Gasteiger partial charge is 0.120 e. The van der Waals surface area contributed by atoms with Crippen molar-refractivity contribution < 1.29 is 0 Å². The van der Waals surface area contributed by atoms with E-state index in [1.165, 1.54) is 0 Å². The maximum absolute atomic E-state index is 4.81. The summed E-state index contributed by atoms with van der Waals surface area (Å²) in [5, 5.41) is 22.9. The number of nitrogens with zero attached hydrogens (tertiary/aromatic N) is 5. The maximum Gasteiger partial charge on any atom is 0.120 e. The third-order valence-electron chi connectivity index (χ3n) is 5.35. The highest BCUT2D eigenvalue weighted by Crippen LogP contribution is 2.37. The average molecular weight is 385 g/mol. The van der Waals surface area contributed by atoms with Crippen molar-refractivity contribution in [2.24, 2.45) is 0 Å². The Morgan fingerprint density at radius 3 is 2.10 bits per heavy atom. The molecule has 5 heteroatoms. The van der Waals surface area contributed by atoms with Gasteiger partial charge in [0.15, 0.2) is 0 Å². The van der Waals surface area contributed by atoms with Gasteiger partial charge in [-0.15, -0.1) is 15.3 Å². The van der Waals surface area contributed by atoms with Crippen LogP contribution in [0.4, 0.5) is 0 Å². The number of benzene rings is 3. The summed E-state index contributed by atoms with van der Waals surface area (Å²) in [5.74, 6) is 0. The van der Waals surface area contributed by atoms with E-state index in [4.69, 9.17) is 4.98 Å². The molecule has 0 N–H and O–H groups in total. The number of pyridine rings is 1. The van der Waals surface area contributed by atoms with E-state index in [9.17, 15) is 0 Å². The molecular weight excluding hydrogens is 370 g/mol. The van der Waals surface area contributed by atoms with Crippen LogP contribution in [-0.2, 0) is 0 Å². The second-order valence-corrected chi connectivity index (χ2v) is 7.14. The van der Waals surface area contributed by atoms with Crippen molar-refractivity contribution in [1.82, 2.24) is 25.4 Å². The second kappa shape index (κ2) is 6.67. The first kappa shape index (κ1) is 16.7. The Balaban J connectivity index is 1.73. The molecule has 0 saturated carbocycles. The number of hydrogen-bond acceptors (Lipinski definition) is 5. The molecule has 0 amide bonds. The SMILES string of the molecule is c1ccc2nnc(-c3c(-c4nncc5ccccc45)ncc4ccccc34)cc2c1. The number of aromatic nitrogens is 5. The fourth-order valence-corrected chi connectivity index (χ4v) is 3.91. The molecule has 30 heavy (non-hydrogen) atoms. The van der Waals surface area contributed by atoms with Gasteiger partial charge in [-0.05, 0) is 17.5 Å². The molecule has 0 saturated heterocycles. The Labute approximate surface area is 172 Å². The van der Waals surface area contributed by atoms with Gasteiger partial charge in [0.05, 0.1) is 17.4 Å². The molecule has 0 atom stereocenters. The van der Waals surface area contributed by atoms with Crippen molar-refractivity contribution in [1.29, 1.82) is 0 Å². The molecular formula is C25H15N5. The van der Waals surface area contributed by atoms with E-state index in [1.54, 1.807) is 6.20 Å². The summed E-state index contributed by atoms with van der Waals surface area (Å²) in [6, 6.07) is 26.3. The molecule has 3 heterocycles. The van der Waals surface area contributed by atoms with E-state index in [0.29, 0.717) is 0 Å². The lowest BCUT2D eigenvalue weighted by Crippen LogP contribution is -1.98. The molecule has 0 aliphatic heterocycles. The summed E-state index contributed by atoms with van der Waals surface area (Å²) < 4.78 is 0. The van der Waals surface area contributed by atoms with Crippen molar-refractivity contribution in [3.05, 3.63) is 91.3 Å². The minimum absolute atomic E-state index is 0.740. The van der Waals surface area contributed by atoms with E-state index >= 15 is 0 Å². The molecule has 140 valence electrons. The van der Waals surface area contributed by atoms with Crippen molar-refractivity contribution in [2.45, 2.75) is 0 Å². The Bertz CT molecular complexity index is 1550. The van der Waals surface area contributed by atoms with Crippen LogP contribution in [0.1, 0.15) is 0 Å². The molecule has 3 aromatic heterocycles. The number of rotatable bonds is 2. The zero-order chi connectivity index (χ0) is 19.9. The van der Waals surface area contributed by atoms with Crippen molar-refractivity contribution >= 4 is 32.4 Å². The lowest BCUT2D eigenvalue weighted by atomic mass is 9.97. The molecule has 0 unspecified atom stereocenters. The normalized spacial score (nSPS) is 11.3. The molecule has 0 aliphatic rings. The summed E-state index contributed by atoms with van der Waals surface area (Å²) in [7, 11) is 0. The van der Waals surface area contributed by atoms with Crippen molar-refractivity contribution in [3.8, 4) is 22.6 Å². The monoisotopic (exact) mass is 385 g/mol. The standard InChI is InChI=1S/C25H15N5/c1-4-10-19-17(8-1)14-26-25(24-20-11-5-2-9-18(20)15-27-30-24)23(19)22-13-16-7-3-6-12-21(16)28-29-22/h1-15H. The van der Waals surface area contributed by atoms with Gasteiger partial charge in [-0.3, -0.25) is 4.98 Å². The van der Waals surface area contributed by atoms with E-state index < -0.39 is 0 Å². The number of hydrogen-bond donors (Lipinski definition) is 0. The van der Waals surface area contributed by atoms with E-state index in [1.807, 2.05) is 66.9 Å². The first-order chi connectivity index (χ1) is 14.9. The van der Waals surface area contributed by atoms with Gasteiger partial charge >= 0.3 is 0 Å². The summed E-state index contributed by atoms with van der Waals surface area (Å²) in [5.41, 5.74) is 4.03. The molecule has 6 aromatic rings. The zero-order valence-electron chi connectivity index (χ0n) is 15.9. The Kier molecular flexibility index (Phi) is 3.71. The minimum atomic E-state index is 0.740. The van der Waals surface area contributed by atoms with Gasteiger partial charge in [-0.1, -0.05) is 66.7 Å². The summed E-state index contributed by atoms with van der Waals surface area (Å²) in [6.07, 6.45) is 3.65. The lowest BCUT2D eigenvalue weighted by molar-refractivity contribution is 1.04. The van der Waals surface area contributed by atoms with Crippen LogP contribution in [0.3, 0.4) is 0 Å². The fraction of sp³-hybridized carbons (Fsp3) is 0. The highest BCUT2D eigenvalue weighted by atomic mass is 15.1. The highest BCUT2D eigenvalue weighted by Gasteiger charge is 2.18. The van der Waals surface area contributed by atoms with Crippen LogP contribution in [0, 0.1) is 0 Å². The van der Waals surface area contributed by atoms with Gasteiger partial charge in [0, 0.05) is 33.3 Å². The Morgan fingerprint density at radius 1 is 0.533 bits per heavy atom. The van der Waals surface area contributed by atoms with Crippen molar-refractivity contribution in [3.63, 3.8) is 0 Å². The van der Waals surface area contributed by atoms with Gasteiger partial charge < -0.3 is 0 Å². The van der Waals surface area contributed by atoms with Gasteiger partial charge in [-0.2, -0.15) is 5.10 Å². The highest BCUT2D eigenvalue weighted by molar-refractivity contribution is 6.05. The zero-order valence-corrected chi connectivity index (χ0v) is 15.9. The van der Waals surface area contributed by atoms with Gasteiger partial charge in [-0.25, -0.2) is 0 Å². The largest absolute Gasteiger partial charge is 0.253 e. The minimum Gasteiger partial charge on any atom is -0.253 e. The van der Waals surface area contributed by atoms with Gasteiger partial charge in [0.1, 0.15) is 11.4 Å². The van der Waals surface area contributed by atoms with Crippen LogP contribution in [0.2, 0.25) is 0 Å². The summed E-state index contributed by atoms with van der Waals surface area (Å²) in [4.78, 5) is 4.81. The van der Waals surface area contributed by atoms with Crippen molar-refractivity contribution in [2.75, 3.05) is 0 Å². The maximum atomic E-state index is 4.81. The first-order valence-electron chi connectivity index (χ1n) is 9.70. The van der Waals surface area contributed by atoms with Crippen LogP contribution in [0.5, 0.6) is 0 Å². The predicted molar refractivity (Wildman–Crippen MR) is 119 cm³/mol. The predicted octanol–water partition coefficient (Wildman–Crippen LogP) is 5.46. The summed E-state index contributed by atoms with van der Waals surface area (Å²) in [6.45, 7) is 0. The molecule has 0 aliphatic carbocycles. The average Bonchev–Trinajstić information content (AvgIpc) is 2.82. The quantitative estimate of drug-likeness (QED) is 0.396. The van der Waals surface area contributed by atoms with E-state index in [0.717, 1.165) is 55.1 Å². The first-order valence-corrected chi connectivity index (χ1v) is 9.70. The molecule has 0 fully saturated rings. The van der Waals surface area contributed by atoms with Crippen LogP contribution in [0.15, 0.2) is 91.3 Å². The molecule has 3 aromatic carbocycles. The third kappa shape index (κ3) is 2.60. The topological polar surface area (TPSA) is 64.5 Å². The third-order valence-corrected chi connectivity index (χ3v) is 5.35. The molecule has 5 nitrogen and oxygen atoms in total. The van der Waals surface area contributed by atoms with Crippen LogP contribution in [-0.4, -0.2) is 25.4 Å². The summed E-state index contributed by atoms with van der Waals surface area (Å²) >= 11 is 0. The lowest BCUT2D eigenvalue weighted by Gasteiger charge is -2.13. The van der Waals surface area contributed by atoms with Crippen LogP contribution < -0.4 is 0 Å². The molecule has 0 bridgehead atoms. The van der Waals surface area contributed by atoms with E-state index in [2.05, 4.69) is 38.6 Å². The number of fused-ring (bicyclic) bond motifs is 3. The fourth-order valence-electron chi connectivity index (χ4n) is 3.91. The Morgan fingerprint density at radius 2 is 1.23 bits per heavy atom. The Hall–Kier alpha value is -4.25.